The van der Waals surface area contributed by atoms with Crippen molar-refractivity contribution in [1.82, 2.24) is 4.31 Å². The molecule has 0 aromatic heterocycles. The summed E-state index contributed by atoms with van der Waals surface area (Å²) < 4.78 is 28.0. The molecule has 24 heavy (non-hydrogen) atoms. The fourth-order valence-electron chi connectivity index (χ4n) is 1.98. The Labute approximate surface area is 150 Å². The zero-order chi connectivity index (χ0) is 17.7. The van der Waals surface area contributed by atoms with Crippen LogP contribution in [0.25, 0.3) is 0 Å². The molecule has 2 aromatic rings. The number of para-hydroxylation sites is 2. The normalized spacial score (nSPS) is 11.3. The molecule has 0 saturated carbocycles. The van der Waals surface area contributed by atoms with Crippen LogP contribution >= 0.6 is 15.9 Å². The second-order valence-electron chi connectivity index (χ2n) is 5.16. The van der Waals surface area contributed by atoms with Gasteiger partial charge >= 0.3 is 10.2 Å². The van der Waals surface area contributed by atoms with Gasteiger partial charge in [-0.3, -0.25) is 4.79 Å². The number of nitrogens with zero attached hydrogens (tertiary/aromatic N) is 2. The first-order chi connectivity index (χ1) is 11.3. The first kappa shape index (κ1) is 18.4. The van der Waals surface area contributed by atoms with Gasteiger partial charge in [-0.25, -0.2) is 4.31 Å². The number of amides is 1. The highest BCUT2D eigenvalue weighted by Gasteiger charge is 2.27. The van der Waals surface area contributed by atoms with Crippen molar-refractivity contribution in [3.05, 3.63) is 59.1 Å². The third-order valence-electron chi connectivity index (χ3n) is 3.22. The van der Waals surface area contributed by atoms with Crippen molar-refractivity contribution in [3.63, 3.8) is 0 Å². The van der Waals surface area contributed by atoms with Crippen molar-refractivity contribution < 1.29 is 13.2 Å². The Hall–Kier alpha value is -1.90. The van der Waals surface area contributed by atoms with E-state index in [1.165, 1.54) is 14.1 Å². The summed E-state index contributed by atoms with van der Waals surface area (Å²) >= 11 is 3.34. The van der Waals surface area contributed by atoms with Crippen molar-refractivity contribution >= 4 is 43.4 Å². The van der Waals surface area contributed by atoms with Gasteiger partial charge in [0.25, 0.3) is 0 Å². The van der Waals surface area contributed by atoms with Crippen molar-refractivity contribution in [3.8, 4) is 0 Å². The summed E-state index contributed by atoms with van der Waals surface area (Å²) in [6.45, 7) is -0.328. The van der Waals surface area contributed by atoms with E-state index >= 15 is 0 Å². The monoisotopic (exact) mass is 411 g/mol. The topological polar surface area (TPSA) is 69.7 Å². The molecule has 0 saturated heterocycles. The van der Waals surface area contributed by atoms with Gasteiger partial charge in [0, 0.05) is 18.6 Å². The van der Waals surface area contributed by atoms with Crippen LogP contribution in [-0.4, -0.2) is 39.3 Å². The number of nitrogens with one attached hydrogen (secondary N) is 1. The maximum absolute atomic E-state index is 12.5. The molecule has 2 aromatic carbocycles. The SMILES string of the molecule is CN(C)S(=O)(=O)N(CC(=O)Nc1ccccc1Br)c1ccccc1. The molecule has 1 amide bonds. The second kappa shape index (κ2) is 7.78. The second-order valence-corrected chi connectivity index (χ2v) is 8.08. The summed E-state index contributed by atoms with van der Waals surface area (Å²) in [6, 6.07) is 15.7. The lowest BCUT2D eigenvalue weighted by Crippen LogP contribution is -2.44. The van der Waals surface area contributed by atoms with Crippen molar-refractivity contribution in [1.29, 1.82) is 0 Å². The van der Waals surface area contributed by atoms with Crippen molar-refractivity contribution in [2.24, 2.45) is 0 Å². The molecule has 0 atom stereocenters. The summed E-state index contributed by atoms with van der Waals surface area (Å²) in [5, 5.41) is 2.71. The van der Waals surface area contributed by atoms with Crippen LogP contribution in [0.2, 0.25) is 0 Å². The van der Waals surface area contributed by atoms with E-state index in [0.717, 1.165) is 13.1 Å². The minimum atomic E-state index is -3.80. The van der Waals surface area contributed by atoms with Gasteiger partial charge in [0.15, 0.2) is 0 Å². The number of anilines is 2. The molecule has 0 bridgehead atoms. The van der Waals surface area contributed by atoms with Crippen LogP contribution in [0, 0.1) is 0 Å². The van der Waals surface area contributed by atoms with Gasteiger partial charge in [-0.15, -0.1) is 0 Å². The molecule has 0 aliphatic rings. The van der Waals surface area contributed by atoms with Gasteiger partial charge in [0.1, 0.15) is 6.54 Å². The third-order valence-corrected chi connectivity index (χ3v) is 5.73. The molecular formula is C16H18BrN3O3S. The predicted octanol–water partition coefficient (Wildman–Crippen LogP) is 2.70. The number of carbonyl (C=O) groups excluding carboxylic acids is 1. The van der Waals surface area contributed by atoms with E-state index in [2.05, 4.69) is 21.2 Å². The molecule has 1 N–H and O–H groups in total. The summed E-state index contributed by atoms with van der Waals surface area (Å²) in [5.74, 6) is -0.434. The van der Waals surface area contributed by atoms with Crippen molar-refractivity contribution in [2.45, 2.75) is 0 Å². The maximum atomic E-state index is 12.5. The molecule has 6 nitrogen and oxygen atoms in total. The number of hydrogen-bond donors (Lipinski definition) is 1. The van der Waals surface area contributed by atoms with Crippen LogP contribution < -0.4 is 9.62 Å². The van der Waals surface area contributed by atoms with Crippen LogP contribution in [0.3, 0.4) is 0 Å². The molecule has 0 fully saturated rings. The van der Waals surface area contributed by atoms with E-state index in [1.54, 1.807) is 48.5 Å². The first-order valence-corrected chi connectivity index (χ1v) is 9.31. The smallest absolute Gasteiger partial charge is 0.304 e. The molecule has 0 unspecified atom stereocenters. The molecule has 8 heteroatoms. The highest BCUT2D eigenvalue weighted by Crippen LogP contribution is 2.22. The summed E-state index contributed by atoms with van der Waals surface area (Å²) in [6.07, 6.45) is 0. The Kier molecular flexibility index (Phi) is 5.98. The van der Waals surface area contributed by atoms with Gasteiger partial charge in [0.2, 0.25) is 5.91 Å². The standard InChI is InChI=1S/C16H18BrN3O3S/c1-19(2)24(22,23)20(13-8-4-3-5-9-13)12-16(21)18-15-11-7-6-10-14(15)17/h3-11H,12H2,1-2H3,(H,18,21). The quantitative estimate of drug-likeness (QED) is 0.793. The lowest BCUT2D eigenvalue weighted by Gasteiger charge is -2.26. The van der Waals surface area contributed by atoms with Crippen LogP contribution in [-0.2, 0) is 15.0 Å². The minimum Gasteiger partial charge on any atom is -0.323 e. The Morgan fingerprint density at radius 2 is 1.62 bits per heavy atom. The first-order valence-electron chi connectivity index (χ1n) is 7.12. The fraction of sp³-hybridized carbons (Fsp3) is 0.188. The number of halogens is 1. The van der Waals surface area contributed by atoms with Crippen LogP contribution in [0.1, 0.15) is 0 Å². The van der Waals surface area contributed by atoms with Crippen LogP contribution in [0.4, 0.5) is 11.4 Å². The van der Waals surface area contributed by atoms with Crippen LogP contribution in [0.15, 0.2) is 59.1 Å². The van der Waals surface area contributed by atoms with E-state index in [9.17, 15) is 13.2 Å². The van der Waals surface area contributed by atoms with Crippen LogP contribution in [0.5, 0.6) is 0 Å². The molecule has 0 spiro atoms. The molecule has 128 valence electrons. The van der Waals surface area contributed by atoms with Gasteiger partial charge < -0.3 is 5.32 Å². The zero-order valence-corrected chi connectivity index (χ0v) is 15.7. The van der Waals surface area contributed by atoms with Gasteiger partial charge in [-0.1, -0.05) is 30.3 Å². The Balaban J connectivity index is 2.26. The molecule has 0 aliphatic heterocycles. The highest BCUT2D eigenvalue weighted by molar-refractivity contribution is 9.10. The van der Waals surface area contributed by atoms with E-state index in [4.69, 9.17) is 0 Å². The van der Waals surface area contributed by atoms with E-state index in [0.29, 0.717) is 11.4 Å². The highest BCUT2D eigenvalue weighted by atomic mass is 79.9. The summed E-state index contributed by atoms with van der Waals surface area (Å²) in [5.41, 5.74) is 1.01. The summed E-state index contributed by atoms with van der Waals surface area (Å²) in [4.78, 5) is 12.4. The van der Waals surface area contributed by atoms with E-state index in [-0.39, 0.29) is 6.54 Å². The Bertz CT molecular complexity index is 810. The molecule has 2 rings (SSSR count). The van der Waals surface area contributed by atoms with Gasteiger partial charge in [-0.2, -0.15) is 12.7 Å². The molecule has 0 heterocycles. The average Bonchev–Trinajstić information content (AvgIpc) is 2.55. The van der Waals surface area contributed by atoms with Crippen molar-refractivity contribution in [2.75, 3.05) is 30.3 Å². The molecule has 0 radical (unpaired) electrons. The Morgan fingerprint density at radius 1 is 1.04 bits per heavy atom. The lowest BCUT2D eigenvalue weighted by molar-refractivity contribution is -0.114. The predicted molar refractivity (Wildman–Crippen MR) is 99.2 cm³/mol. The van der Waals surface area contributed by atoms with Gasteiger partial charge in [-0.05, 0) is 40.2 Å². The number of rotatable bonds is 6. The number of benzene rings is 2. The third kappa shape index (κ3) is 4.34. The van der Waals surface area contributed by atoms with Gasteiger partial charge in [0.05, 0.1) is 11.4 Å². The maximum Gasteiger partial charge on any atom is 0.304 e. The van der Waals surface area contributed by atoms with E-state index in [1.807, 2.05) is 6.07 Å². The minimum absolute atomic E-state index is 0.328. The largest absolute Gasteiger partial charge is 0.323 e. The fourth-order valence-corrected chi connectivity index (χ4v) is 3.43. The zero-order valence-electron chi connectivity index (χ0n) is 13.3. The Morgan fingerprint density at radius 3 is 2.21 bits per heavy atom. The van der Waals surface area contributed by atoms with E-state index < -0.39 is 16.1 Å². The number of carbonyl (C=O) groups is 1. The lowest BCUT2D eigenvalue weighted by atomic mass is 10.3. The number of hydrogen-bond acceptors (Lipinski definition) is 3. The molecule has 0 aliphatic carbocycles. The average molecular weight is 412 g/mol. The molecular weight excluding hydrogens is 394 g/mol. The summed E-state index contributed by atoms with van der Waals surface area (Å²) in [7, 11) is -0.940.